The molecular weight excluding hydrogens is 412 g/mol. The Morgan fingerprint density at radius 3 is 2.43 bits per heavy atom. The number of carboxylic acid groups (broad SMARTS) is 1. The molecule has 1 fully saturated rings. The van der Waals surface area contributed by atoms with Crippen LogP contribution in [-0.4, -0.2) is 88.6 Å². The summed E-state index contributed by atoms with van der Waals surface area (Å²) in [5.74, 6) is 1.83. The third kappa shape index (κ3) is 6.31. The first-order valence-electron chi connectivity index (χ1n) is 9.98. The van der Waals surface area contributed by atoms with Gasteiger partial charge in [-0.3, -0.25) is 9.69 Å². The van der Waals surface area contributed by atoms with Gasteiger partial charge in [0.15, 0.2) is 11.5 Å². The van der Waals surface area contributed by atoms with Crippen LogP contribution in [0, 0.1) is 5.92 Å². The highest BCUT2D eigenvalue weighted by Gasteiger charge is 2.29. The van der Waals surface area contributed by atoms with E-state index in [0.717, 1.165) is 37.6 Å². The molecule has 10 heteroatoms. The molecule has 1 aromatic rings. The lowest BCUT2D eigenvalue weighted by molar-refractivity contribution is -0.122. The number of nitrogens with zero attached hydrogens (tertiary/aromatic N) is 2. The number of rotatable bonds is 6. The summed E-state index contributed by atoms with van der Waals surface area (Å²) in [7, 11) is 0.124. The quantitative estimate of drug-likeness (QED) is 0.650. The monoisotopic (exact) mass is 444 g/mol. The molecule has 0 bridgehead atoms. The van der Waals surface area contributed by atoms with E-state index in [9.17, 15) is 8.42 Å². The highest BCUT2D eigenvalue weighted by Crippen LogP contribution is 2.33. The van der Waals surface area contributed by atoms with Crippen molar-refractivity contribution in [2.24, 2.45) is 5.92 Å². The predicted molar refractivity (Wildman–Crippen MR) is 113 cm³/mol. The van der Waals surface area contributed by atoms with E-state index >= 15 is 0 Å². The van der Waals surface area contributed by atoms with Gasteiger partial charge in [-0.25, -0.2) is 8.42 Å². The van der Waals surface area contributed by atoms with Crippen LogP contribution >= 0.6 is 0 Å². The number of fused-ring (bicyclic) bond motifs is 1. The highest BCUT2D eigenvalue weighted by molar-refractivity contribution is 7.89. The number of sulfonamides is 1. The van der Waals surface area contributed by atoms with Crippen molar-refractivity contribution in [1.29, 1.82) is 0 Å². The number of ether oxygens (including phenoxy) is 3. The number of hydrogen-bond acceptors (Lipinski definition) is 7. The maximum absolute atomic E-state index is 12.3. The summed E-state index contributed by atoms with van der Waals surface area (Å²) in [4.78, 5) is 10.7. The Balaban J connectivity index is 0.00000101. The molecule has 0 aromatic heterocycles. The molecule has 2 aliphatic heterocycles. The zero-order valence-electron chi connectivity index (χ0n) is 17.9. The van der Waals surface area contributed by atoms with Gasteiger partial charge in [-0.05, 0) is 36.6 Å². The molecule has 0 amide bonds. The normalized spacial score (nSPS) is 20.3. The van der Waals surface area contributed by atoms with Crippen LogP contribution in [0.25, 0.3) is 0 Å². The fourth-order valence-electron chi connectivity index (χ4n) is 3.86. The molecular formula is C20H32N2O7S. The highest BCUT2D eigenvalue weighted by atomic mass is 32.2. The molecule has 2 aliphatic rings. The summed E-state index contributed by atoms with van der Waals surface area (Å²) in [5.41, 5.74) is 2.53. The van der Waals surface area contributed by atoms with Crippen molar-refractivity contribution in [3.63, 3.8) is 0 Å². The molecule has 0 aliphatic carbocycles. The zero-order valence-corrected chi connectivity index (χ0v) is 18.7. The van der Waals surface area contributed by atoms with Crippen molar-refractivity contribution in [3.8, 4) is 11.5 Å². The molecule has 1 saturated heterocycles. The lowest BCUT2D eigenvalue weighted by atomic mass is 9.97. The Morgan fingerprint density at radius 2 is 1.83 bits per heavy atom. The minimum absolute atomic E-state index is 0.137. The third-order valence-electron chi connectivity index (χ3n) is 5.37. The molecule has 0 spiro atoms. The van der Waals surface area contributed by atoms with Gasteiger partial charge in [-0.2, -0.15) is 4.31 Å². The smallest absolute Gasteiger partial charge is 0.290 e. The SMILES string of the molecule is CCS(=O)(=O)N1CCOCC(CN2CCc3cc(OC)c(OC)cc3C2)C1.O=CO. The topological polar surface area (TPSA) is 106 Å². The van der Waals surface area contributed by atoms with Gasteiger partial charge in [0, 0.05) is 38.6 Å². The van der Waals surface area contributed by atoms with Crippen LogP contribution in [0.3, 0.4) is 0 Å². The molecule has 2 heterocycles. The second-order valence-corrected chi connectivity index (χ2v) is 9.52. The average molecular weight is 445 g/mol. The van der Waals surface area contributed by atoms with Gasteiger partial charge in [0.05, 0.1) is 33.2 Å². The molecule has 0 saturated carbocycles. The molecule has 1 N–H and O–H groups in total. The summed E-state index contributed by atoms with van der Waals surface area (Å²) >= 11 is 0. The van der Waals surface area contributed by atoms with Crippen LogP contribution in [0.4, 0.5) is 0 Å². The van der Waals surface area contributed by atoms with Crippen LogP contribution in [-0.2, 0) is 32.5 Å². The van der Waals surface area contributed by atoms with Gasteiger partial charge in [-0.15, -0.1) is 0 Å². The Labute approximate surface area is 178 Å². The first-order chi connectivity index (χ1) is 14.4. The molecule has 1 atom stereocenters. The van der Waals surface area contributed by atoms with Gasteiger partial charge in [0.25, 0.3) is 6.47 Å². The fraction of sp³-hybridized carbons (Fsp3) is 0.650. The Kier molecular flexibility index (Phi) is 9.35. The van der Waals surface area contributed by atoms with Crippen LogP contribution in [0.15, 0.2) is 12.1 Å². The lowest BCUT2D eigenvalue weighted by Gasteiger charge is -2.33. The number of carbonyl (C=O) groups is 1. The number of hydrogen-bond donors (Lipinski definition) is 1. The second-order valence-electron chi connectivity index (χ2n) is 7.27. The molecule has 9 nitrogen and oxygen atoms in total. The summed E-state index contributed by atoms with van der Waals surface area (Å²) in [6, 6.07) is 4.12. The van der Waals surface area contributed by atoms with Gasteiger partial charge < -0.3 is 19.3 Å². The van der Waals surface area contributed by atoms with Crippen molar-refractivity contribution in [2.45, 2.75) is 19.9 Å². The minimum Gasteiger partial charge on any atom is -0.493 e. The summed E-state index contributed by atoms with van der Waals surface area (Å²) < 4.78 is 42.7. The molecule has 3 rings (SSSR count). The fourth-order valence-corrected chi connectivity index (χ4v) is 5.01. The van der Waals surface area contributed by atoms with E-state index in [1.54, 1.807) is 25.4 Å². The molecule has 1 aromatic carbocycles. The van der Waals surface area contributed by atoms with Crippen molar-refractivity contribution < 1.29 is 32.5 Å². The summed E-state index contributed by atoms with van der Waals surface area (Å²) in [6.07, 6.45) is 0.945. The third-order valence-corrected chi connectivity index (χ3v) is 7.22. The first kappa shape index (κ1) is 24.4. The maximum atomic E-state index is 12.3. The average Bonchev–Trinajstić information content (AvgIpc) is 2.99. The lowest BCUT2D eigenvalue weighted by Crippen LogP contribution is -2.42. The number of methoxy groups -OCH3 is 2. The van der Waals surface area contributed by atoms with Crippen LogP contribution in [0.5, 0.6) is 11.5 Å². The van der Waals surface area contributed by atoms with Gasteiger partial charge in [-0.1, -0.05) is 0 Å². The summed E-state index contributed by atoms with van der Waals surface area (Å²) in [6.45, 7) is 6.09. The number of benzene rings is 1. The minimum atomic E-state index is -3.18. The molecule has 1 unspecified atom stereocenters. The van der Waals surface area contributed by atoms with Crippen molar-refractivity contribution >= 4 is 16.5 Å². The van der Waals surface area contributed by atoms with E-state index in [-0.39, 0.29) is 18.1 Å². The molecule has 170 valence electrons. The zero-order chi connectivity index (χ0) is 22.1. The van der Waals surface area contributed by atoms with E-state index < -0.39 is 10.0 Å². The largest absolute Gasteiger partial charge is 0.493 e. The Bertz CT molecular complexity index is 801. The predicted octanol–water partition coefficient (Wildman–Crippen LogP) is 1.06. The van der Waals surface area contributed by atoms with Crippen LogP contribution < -0.4 is 9.47 Å². The van der Waals surface area contributed by atoms with E-state index in [0.29, 0.717) is 26.3 Å². The Morgan fingerprint density at radius 1 is 1.20 bits per heavy atom. The van der Waals surface area contributed by atoms with Gasteiger partial charge in [0.1, 0.15) is 0 Å². The van der Waals surface area contributed by atoms with Crippen molar-refractivity contribution in [2.75, 3.05) is 59.4 Å². The molecule has 0 radical (unpaired) electrons. The Hall–Kier alpha value is -1.88. The van der Waals surface area contributed by atoms with E-state index in [4.69, 9.17) is 24.1 Å². The van der Waals surface area contributed by atoms with Gasteiger partial charge >= 0.3 is 0 Å². The molecule has 30 heavy (non-hydrogen) atoms. The maximum Gasteiger partial charge on any atom is 0.290 e. The van der Waals surface area contributed by atoms with Gasteiger partial charge in [0.2, 0.25) is 10.0 Å². The van der Waals surface area contributed by atoms with Crippen molar-refractivity contribution in [3.05, 3.63) is 23.3 Å². The van der Waals surface area contributed by atoms with Crippen LogP contribution in [0.2, 0.25) is 0 Å². The van der Waals surface area contributed by atoms with E-state index in [1.807, 2.05) is 0 Å². The second kappa shape index (κ2) is 11.5. The summed E-state index contributed by atoms with van der Waals surface area (Å²) in [5, 5.41) is 6.89. The van der Waals surface area contributed by atoms with E-state index in [1.165, 1.54) is 11.1 Å². The standard InChI is InChI=1S/C19H30N2O5S.CH2O2/c1-4-27(22,23)21-7-8-26-14-15(12-21)11-20-6-5-16-9-18(24-2)19(25-3)10-17(16)13-20;2-1-3/h9-10,15H,4-8,11-14H2,1-3H3;1H,(H,2,3). The van der Waals surface area contributed by atoms with Crippen molar-refractivity contribution in [1.82, 2.24) is 9.21 Å². The van der Waals surface area contributed by atoms with E-state index in [2.05, 4.69) is 17.0 Å². The first-order valence-corrected chi connectivity index (χ1v) is 11.6. The van der Waals surface area contributed by atoms with Crippen LogP contribution in [0.1, 0.15) is 18.1 Å².